The second-order valence-electron chi connectivity index (χ2n) is 5.02. The molecule has 20 heavy (non-hydrogen) atoms. The lowest BCUT2D eigenvalue weighted by molar-refractivity contribution is 0.112. The van der Waals surface area contributed by atoms with E-state index in [1.165, 1.54) is 0 Å². The van der Waals surface area contributed by atoms with E-state index >= 15 is 0 Å². The Labute approximate surface area is 122 Å². The summed E-state index contributed by atoms with van der Waals surface area (Å²) < 4.78 is 1.82. The number of anilines is 1. The van der Waals surface area contributed by atoms with Gasteiger partial charge >= 0.3 is 0 Å². The number of carbonyl (C=O) groups is 1. The molecule has 0 atom stereocenters. The molecule has 0 unspecified atom stereocenters. The van der Waals surface area contributed by atoms with Crippen LogP contribution in [0.3, 0.4) is 0 Å². The van der Waals surface area contributed by atoms with Crippen LogP contribution in [0.1, 0.15) is 43.2 Å². The van der Waals surface area contributed by atoms with Gasteiger partial charge in [0.05, 0.1) is 11.3 Å². The van der Waals surface area contributed by atoms with Gasteiger partial charge in [0.15, 0.2) is 6.29 Å². The van der Waals surface area contributed by atoms with Gasteiger partial charge in [-0.05, 0) is 39.9 Å². The lowest BCUT2D eigenvalue weighted by Gasteiger charge is -2.25. The number of aryl methyl sites for hydroxylation is 2. The summed E-state index contributed by atoms with van der Waals surface area (Å²) in [5.74, 6) is 0.944. The molecule has 0 aliphatic heterocycles. The molecule has 0 N–H and O–H groups in total. The monoisotopic (exact) mass is 280 g/mol. The minimum Gasteiger partial charge on any atom is -0.356 e. The maximum Gasteiger partial charge on any atom is 0.155 e. The van der Waals surface area contributed by atoms with Crippen molar-refractivity contribution in [2.75, 3.05) is 37.6 Å². The Morgan fingerprint density at radius 3 is 2.30 bits per heavy atom. The minimum absolute atomic E-state index is 0.720. The van der Waals surface area contributed by atoms with Gasteiger partial charge in [-0.25, -0.2) is 0 Å². The van der Waals surface area contributed by atoms with Gasteiger partial charge in [0, 0.05) is 20.1 Å². The van der Waals surface area contributed by atoms with Crippen LogP contribution >= 0.6 is 0 Å². The number of hydrogen-bond acceptors (Lipinski definition) is 4. The second-order valence-corrected chi connectivity index (χ2v) is 5.02. The summed E-state index contributed by atoms with van der Waals surface area (Å²) in [6.45, 7) is 13.5. The van der Waals surface area contributed by atoms with Gasteiger partial charge in [-0.1, -0.05) is 13.8 Å². The Morgan fingerprint density at radius 1 is 1.15 bits per heavy atom. The molecule has 0 spiro atoms. The van der Waals surface area contributed by atoms with Crippen LogP contribution in [0.4, 0.5) is 5.82 Å². The van der Waals surface area contributed by atoms with Crippen LogP contribution in [0.15, 0.2) is 0 Å². The summed E-state index contributed by atoms with van der Waals surface area (Å²) in [4.78, 5) is 15.9. The van der Waals surface area contributed by atoms with Gasteiger partial charge in [-0.2, -0.15) is 5.10 Å². The Balaban J connectivity index is 2.74. The minimum atomic E-state index is 0.720. The third-order valence-corrected chi connectivity index (χ3v) is 3.83. The first kappa shape index (κ1) is 16.7. The van der Waals surface area contributed by atoms with E-state index in [-0.39, 0.29) is 0 Å². The normalized spacial score (nSPS) is 11.1. The van der Waals surface area contributed by atoms with Crippen LogP contribution < -0.4 is 4.90 Å². The fourth-order valence-corrected chi connectivity index (χ4v) is 2.61. The quantitative estimate of drug-likeness (QED) is 0.650. The SMILES string of the molecule is CCN(CC)CCCN(CC)c1c(C=O)c(C)nn1C. The Kier molecular flexibility index (Phi) is 6.71. The molecule has 5 heteroatoms. The van der Waals surface area contributed by atoms with Crippen LogP contribution in [0, 0.1) is 6.92 Å². The molecule has 0 saturated heterocycles. The second kappa shape index (κ2) is 8.04. The number of nitrogens with zero attached hydrogens (tertiary/aromatic N) is 4. The van der Waals surface area contributed by atoms with Crippen molar-refractivity contribution in [2.45, 2.75) is 34.1 Å². The zero-order valence-electron chi connectivity index (χ0n) is 13.5. The molecule has 0 radical (unpaired) electrons. The van der Waals surface area contributed by atoms with E-state index in [4.69, 9.17) is 0 Å². The molecule has 0 aliphatic carbocycles. The van der Waals surface area contributed by atoms with Crippen molar-refractivity contribution in [1.29, 1.82) is 0 Å². The molecule has 0 bridgehead atoms. The highest BCUT2D eigenvalue weighted by Gasteiger charge is 2.17. The van der Waals surface area contributed by atoms with Crippen molar-refractivity contribution in [3.63, 3.8) is 0 Å². The van der Waals surface area contributed by atoms with Crippen LogP contribution in [-0.2, 0) is 7.05 Å². The van der Waals surface area contributed by atoms with Crippen molar-refractivity contribution in [2.24, 2.45) is 7.05 Å². The summed E-state index contributed by atoms with van der Waals surface area (Å²) in [7, 11) is 1.91. The first-order chi connectivity index (χ1) is 9.58. The van der Waals surface area contributed by atoms with Crippen molar-refractivity contribution >= 4 is 12.1 Å². The van der Waals surface area contributed by atoms with Crippen molar-refractivity contribution < 1.29 is 4.79 Å². The largest absolute Gasteiger partial charge is 0.356 e. The third-order valence-electron chi connectivity index (χ3n) is 3.83. The van der Waals surface area contributed by atoms with E-state index in [9.17, 15) is 4.79 Å². The van der Waals surface area contributed by atoms with E-state index in [1.54, 1.807) is 0 Å². The highest BCUT2D eigenvalue weighted by Crippen LogP contribution is 2.21. The molecule has 0 fully saturated rings. The molecule has 0 aliphatic rings. The van der Waals surface area contributed by atoms with E-state index in [2.05, 4.69) is 35.7 Å². The highest BCUT2D eigenvalue weighted by atomic mass is 16.1. The summed E-state index contributed by atoms with van der Waals surface area (Å²) in [6.07, 6.45) is 2.02. The molecular weight excluding hydrogens is 252 g/mol. The lowest BCUT2D eigenvalue weighted by atomic mass is 10.2. The van der Waals surface area contributed by atoms with Crippen molar-refractivity contribution in [1.82, 2.24) is 14.7 Å². The number of carbonyl (C=O) groups excluding carboxylic acids is 1. The van der Waals surface area contributed by atoms with Gasteiger partial charge < -0.3 is 9.80 Å². The molecule has 5 nitrogen and oxygen atoms in total. The Hall–Kier alpha value is -1.36. The predicted octanol–water partition coefficient (Wildman–Crippen LogP) is 2.10. The number of rotatable bonds is 9. The van der Waals surface area contributed by atoms with Gasteiger partial charge in [-0.3, -0.25) is 9.48 Å². The smallest absolute Gasteiger partial charge is 0.155 e. The zero-order valence-corrected chi connectivity index (χ0v) is 13.5. The van der Waals surface area contributed by atoms with Crippen LogP contribution in [-0.4, -0.2) is 53.7 Å². The molecule has 1 heterocycles. The maximum atomic E-state index is 11.3. The molecule has 0 saturated carbocycles. The highest BCUT2D eigenvalue weighted by molar-refractivity contribution is 5.84. The molecule has 0 aromatic carbocycles. The fourth-order valence-electron chi connectivity index (χ4n) is 2.61. The molecule has 0 amide bonds. The summed E-state index contributed by atoms with van der Waals surface area (Å²) in [5, 5.41) is 4.36. The topological polar surface area (TPSA) is 41.4 Å². The van der Waals surface area contributed by atoms with E-state index in [0.717, 1.165) is 62.5 Å². The first-order valence-corrected chi connectivity index (χ1v) is 7.54. The molecular formula is C15H28N4O. The first-order valence-electron chi connectivity index (χ1n) is 7.54. The summed E-state index contributed by atoms with van der Waals surface area (Å²) in [6, 6.07) is 0. The van der Waals surface area contributed by atoms with Gasteiger partial charge in [0.2, 0.25) is 0 Å². The van der Waals surface area contributed by atoms with Gasteiger partial charge in [-0.15, -0.1) is 0 Å². The predicted molar refractivity (Wildman–Crippen MR) is 83.6 cm³/mol. The average molecular weight is 280 g/mol. The van der Waals surface area contributed by atoms with Crippen LogP contribution in [0.2, 0.25) is 0 Å². The Morgan fingerprint density at radius 2 is 1.80 bits per heavy atom. The average Bonchev–Trinajstić information content (AvgIpc) is 2.73. The Bertz CT molecular complexity index is 424. The summed E-state index contributed by atoms with van der Waals surface area (Å²) in [5.41, 5.74) is 1.52. The van der Waals surface area contributed by atoms with Crippen molar-refractivity contribution in [3.8, 4) is 0 Å². The third kappa shape index (κ3) is 3.82. The van der Waals surface area contributed by atoms with Crippen molar-refractivity contribution in [3.05, 3.63) is 11.3 Å². The van der Waals surface area contributed by atoms with Crippen LogP contribution in [0.25, 0.3) is 0 Å². The van der Waals surface area contributed by atoms with E-state index in [1.807, 2.05) is 18.7 Å². The lowest BCUT2D eigenvalue weighted by Crippen LogP contribution is -2.31. The van der Waals surface area contributed by atoms with Crippen LogP contribution in [0.5, 0.6) is 0 Å². The number of aldehydes is 1. The summed E-state index contributed by atoms with van der Waals surface area (Å²) >= 11 is 0. The standard InChI is InChI=1S/C15H28N4O/c1-6-18(7-2)10-9-11-19(8-3)15-14(12-20)13(4)16-17(15)5/h12H,6-11H2,1-5H3. The number of hydrogen-bond donors (Lipinski definition) is 0. The molecule has 1 rings (SSSR count). The van der Waals surface area contributed by atoms with Gasteiger partial charge in [0.1, 0.15) is 5.82 Å². The zero-order chi connectivity index (χ0) is 15.1. The number of aromatic nitrogens is 2. The fraction of sp³-hybridized carbons (Fsp3) is 0.733. The van der Waals surface area contributed by atoms with E-state index < -0.39 is 0 Å². The van der Waals surface area contributed by atoms with E-state index in [0.29, 0.717) is 0 Å². The molecule has 1 aromatic rings. The molecule has 114 valence electrons. The molecule has 1 aromatic heterocycles. The van der Waals surface area contributed by atoms with Gasteiger partial charge in [0.25, 0.3) is 0 Å². The maximum absolute atomic E-state index is 11.3.